The first-order valence-corrected chi connectivity index (χ1v) is 7.42. The third-order valence-corrected chi connectivity index (χ3v) is 3.70. The van der Waals surface area contributed by atoms with Crippen molar-refractivity contribution in [2.75, 3.05) is 11.6 Å². The molecule has 18 heavy (non-hydrogen) atoms. The van der Waals surface area contributed by atoms with Gasteiger partial charge in [0.25, 0.3) is 0 Å². The average Bonchev–Trinajstić information content (AvgIpc) is 2.40. The molecule has 0 saturated heterocycles. The number of hydrogen-bond acceptors (Lipinski definition) is 2. The summed E-state index contributed by atoms with van der Waals surface area (Å²) in [6.45, 7) is 4.42. The molecule has 2 aromatic rings. The Morgan fingerprint density at radius 3 is 1.78 bits per heavy atom. The van der Waals surface area contributed by atoms with Crippen molar-refractivity contribution in [2.24, 2.45) is 0 Å². The molecule has 1 nitrogen and oxygen atoms in total. The summed E-state index contributed by atoms with van der Waals surface area (Å²) in [6, 6.07) is 17.1. The molecule has 0 aliphatic carbocycles. The van der Waals surface area contributed by atoms with Crippen LogP contribution in [0.3, 0.4) is 0 Å². The Bertz CT molecular complexity index is 486. The van der Waals surface area contributed by atoms with Gasteiger partial charge in [-0.25, -0.2) is 0 Å². The van der Waals surface area contributed by atoms with Gasteiger partial charge in [0.05, 0.1) is 0 Å². The maximum atomic E-state index is 3.41. The molecule has 0 amide bonds. The quantitative estimate of drug-likeness (QED) is 0.748. The van der Waals surface area contributed by atoms with Crippen LogP contribution in [0.2, 0.25) is 0 Å². The van der Waals surface area contributed by atoms with Crippen molar-refractivity contribution in [2.45, 2.75) is 24.7 Å². The minimum absolute atomic E-state index is 0.583. The van der Waals surface area contributed by atoms with E-state index in [1.807, 2.05) is 0 Å². The van der Waals surface area contributed by atoms with Crippen molar-refractivity contribution in [1.29, 1.82) is 0 Å². The van der Waals surface area contributed by atoms with Gasteiger partial charge < -0.3 is 5.32 Å². The Morgan fingerprint density at radius 1 is 0.833 bits per heavy atom. The SMILES string of the molecule is CSc1ccc(Nc2ccc(C(C)C)cc2)cc1. The monoisotopic (exact) mass is 257 g/mol. The van der Waals surface area contributed by atoms with Crippen molar-refractivity contribution in [1.82, 2.24) is 0 Å². The van der Waals surface area contributed by atoms with Crippen LogP contribution >= 0.6 is 11.8 Å². The second kappa shape index (κ2) is 5.96. The fourth-order valence-corrected chi connectivity index (χ4v) is 2.20. The first-order valence-electron chi connectivity index (χ1n) is 6.20. The summed E-state index contributed by atoms with van der Waals surface area (Å²) < 4.78 is 0. The van der Waals surface area contributed by atoms with Gasteiger partial charge in [0.2, 0.25) is 0 Å². The molecule has 0 aliphatic rings. The molecule has 2 aromatic carbocycles. The second-order valence-corrected chi connectivity index (χ2v) is 5.51. The standard InChI is InChI=1S/C16H19NS/c1-12(2)13-4-6-14(7-5-13)17-15-8-10-16(18-3)11-9-15/h4-12,17H,1-3H3. The summed E-state index contributed by atoms with van der Waals surface area (Å²) >= 11 is 1.76. The highest BCUT2D eigenvalue weighted by Crippen LogP contribution is 2.22. The van der Waals surface area contributed by atoms with Gasteiger partial charge in [0.1, 0.15) is 0 Å². The van der Waals surface area contributed by atoms with Crippen LogP contribution in [0, 0.1) is 0 Å². The number of rotatable bonds is 4. The molecule has 0 fully saturated rings. The van der Waals surface area contributed by atoms with E-state index in [9.17, 15) is 0 Å². The molecule has 2 rings (SSSR count). The maximum Gasteiger partial charge on any atom is 0.0385 e. The number of anilines is 2. The van der Waals surface area contributed by atoms with Gasteiger partial charge in [-0.05, 0) is 54.1 Å². The summed E-state index contributed by atoms with van der Waals surface area (Å²) in [4.78, 5) is 1.29. The average molecular weight is 257 g/mol. The molecule has 0 bridgehead atoms. The summed E-state index contributed by atoms with van der Waals surface area (Å²) in [5.41, 5.74) is 3.64. The van der Waals surface area contributed by atoms with Crippen LogP contribution in [0.15, 0.2) is 53.4 Å². The van der Waals surface area contributed by atoms with Gasteiger partial charge >= 0.3 is 0 Å². The zero-order valence-corrected chi connectivity index (χ0v) is 11.9. The van der Waals surface area contributed by atoms with Crippen LogP contribution in [0.25, 0.3) is 0 Å². The van der Waals surface area contributed by atoms with E-state index in [0.29, 0.717) is 5.92 Å². The first kappa shape index (κ1) is 13.0. The Hall–Kier alpha value is -1.41. The number of thioether (sulfide) groups is 1. The highest BCUT2D eigenvalue weighted by molar-refractivity contribution is 7.98. The van der Waals surface area contributed by atoms with Crippen LogP contribution in [-0.2, 0) is 0 Å². The lowest BCUT2D eigenvalue weighted by Gasteiger charge is -2.09. The van der Waals surface area contributed by atoms with Crippen molar-refractivity contribution < 1.29 is 0 Å². The molecule has 0 atom stereocenters. The van der Waals surface area contributed by atoms with E-state index in [4.69, 9.17) is 0 Å². The molecule has 0 saturated carbocycles. The van der Waals surface area contributed by atoms with Crippen LogP contribution in [-0.4, -0.2) is 6.26 Å². The van der Waals surface area contributed by atoms with Gasteiger partial charge in [-0.15, -0.1) is 11.8 Å². The molecule has 0 aromatic heterocycles. The molecule has 0 aliphatic heterocycles. The zero-order valence-electron chi connectivity index (χ0n) is 11.1. The molecule has 0 spiro atoms. The predicted molar refractivity (Wildman–Crippen MR) is 82.0 cm³/mol. The lowest BCUT2D eigenvalue weighted by atomic mass is 10.0. The number of nitrogens with one attached hydrogen (secondary N) is 1. The Kier molecular flexibility index (Phi) is 4.32. The van der Waals surface area contributed by atoms with E-state index >= 15 is 0 Å². The lowest BCUT2D eigenvalue weighted by Crippen LogP contribution is -1.91. The molecule has 1 N–H and O–H groups in total. The lowest BCUT2D eigenvalue weighted by molar-refractivity contribution is 0.867. The van der Waals surface area contributed by atoms with Crippen molar-refractivity contribution in [3.05, 3.63) is 54.1 Å². The maximum absolute atomic E-state index is 3.41. The van der Waals surface area contributed by atoms with E-state index in [0.717, 1.165) is 11.4 Å². The smallest absolute Gasteiger partial charge is 0.0385 e. The third-order valence-electron chi connectivity index (χ3n) is 2.96. The van der Waals surface area contributed by atoms with Gasteiger partial charge in [-0.3, -0.25) is 0 Å². The topological polar surface area (TPSA) is 12.0 Å². The molecular formula is C16H19NS. The van der Waals surface area contributed by atoms with Gasteiger partial charge in [-0.2, -0.15) is 0 Å². The molecule has 0 unspecified atom stereocenters. The largest absolute Gasteiger partial charge is 0.356 e. The molecular weight excluding hydrogens is 238 g/mol. The summed E-state index contributed by atoms with van der Waals surface area (Å²) in [7, 11) is 0. The minimum atomic E-state index is 0.583. The minimum Gasteiger partial charge on any atom is -0.356 e. The Balaban J connectivity index is 2.08. The summed E-state index contributed by atoms with van der Waals surface area (Å²) in [6.07, 6.45) is 2.09. The van der Waals surface area contributed by atoms with Crippen molar-refractivity contribution >= 4 is 23.1 Å². The van der Waals surface area contributed by atoms with Gasteiger partial charge in [0, 0.05) is 16.3 Å². The molecule has 0 radical (unpaired) electrons. The Morgan fingerprint density at radius 2 is 1.33 bits per heavy atom. The van der Waals surface area contributed by atoms with Gasteiger partial charge in [-0.1, -0.05) is 26.0 Å². The molecule has 2 heteroatoms. The molecule has 0 heterocycles. The van der Waals surface area contributed by atoms with Crippen LogP contribution in [0.4, 0.5) is 11.4 Å². The van der Waals surface area contributed by atoms with Crippen LogP contribution in [0.5, 0.6) is 0 Å². The highest BCUT2D eigenvalue weighted by atomic mass is 32.2. The Labute approximate surface area is 114 Å². The normalized spacial score (nSPS) is 10.7. The fraction of sp³-hybridized carbons (Fsp3) is 0.250. The zero-order chi connectivity index (χ0) is 13.0. The van der Waals surface area contributed by atoms with Crippen LogP contribution in [0.1, 0.15) is 25.3 Å². The predicted octanol–water partition coefficient (Wildman–Crippen LogP) is 5.28. The van der Waals surface area contributed by atoms with Crippen molar-refractivity contribution in [3.8, 4) is 0 Å². The first-order chi connectivity index (χ1) is 8.69. The fourth-order valence-electron chi connectivity index (χ4n) is 1.79. The second-order valence-electron chi connectivity index (χ2n) is 4.63. The van der Waals surface area contributed by atoms with E-state index in [1.165, 1.54) is 10.5 Å². The van der Waals surface area contributed by atoms with Gasteiger partial charge in [0.15, 0.2) is 0 Å². The number of hydrogen-bond donors (Lipinski definition) is 1. The number of benzene rings is 2. The van der Waals surface area contributed by atoms with Crippen molar-refractivity contribution in [3.63, 3.8) is 0 Å². The summed E-state index contributed by atoms with van der Waals surface area (Å²) in [5.74, 6) is 0.583. The van der Waals surface area contributed by atoms with E-state index in [-0.39, 0.29) is 0 Å². The van der Waals surface area contributed by atoms with E-state index in [2.05, 4.69) is 74.0 Å². The highest BCUT2D eigenvalue weighted by Gasteiger charge is 1.99. The molecule has 94 valence electrons. The van der Waals surface area contributed by atoms with E-state index < -0.39 is 0 Å². The van der Waals surface area contributed by atoms with E-state index in [1.54, 1.807) is 11.8 Å². The summed E-state index contributed by atoms with van der Waals surface area (Å²) in [5, 5.41) is 3.41. The van der Waals surface area contributed by atoms with Crippen LogP contribution < -0.4 is 5.32 Å². The third kappa shape index (κ3) is 3.30.